The van der Waals surface area contributed by atoms with E-state index in [-0.39, 0.29) is 6.09 Å². The minimum Gasteiger partial charge on any atom is -0.444 e. The molecule has 1 heterocycles. The van der Waals surface area contributed by atoms with Crippen LogP contribution in [0.2, 0.25) is 0 Å². The predicted octanol–water partition coefficient (Wildman–Crippen LogP) is 2.29. The molecule has 17 heavy (non-hydrogen) atoms. The maximum atomic E-state index is 11.5. The lowest BCUT2D eigenvalue weighted by Crippen LogP contribution is -2.50. The lowest BCUT2D eigenvalue weighted by atomic mass is 9.90. The number of alkyl carbamates (subject to hydrolysis) is 1. The van der Waals surface area contributed by atoms with Crippen LogP contribution < -0.4 is 10.6 Å². The summed E-state index contributed by atoms with van der Waals surface area (Å²) < 4.78 is 5.20. The van der Waals surface area contributed by atoms with Crippen molar-refractivity contribution in [2.45, 2.75) is 65.1 Å². The summed E-state index contributed by atoms with van der Waals surface area (Å²) in [6.07, 6.45) is 2.00. The van der Waals surface area contributed by atoms with Crippen molar-refractivity contribution in [3.63, 3.8) is 0 Å². The fraction of sp³-hybridized carbons (Fsp3) is 0.923. The van der Waals surface area contributed by atoms with Gasteiger partial charge in [-0.25, -0.2) is 4.79 Å². The Morgan fingerprint density at radius 2 is 2.00 bits per heavy atom. The molecule has 0 bridgehead atoms. The van der Waals surface area contributed by atoms with Gasteiger partial charge in [-0.05, 0) is 46.5 Å². The van der Waals surface area contributed by atoms with Gasteiger partial charge in [-0.15, -0.1) is 0 Å². The Hall–Kier alpha value is -0.770. The van der Waals surface area contributed by atoms with Crippen molar-refractivity contribution in [2.75, 3.05) is 6.54 Å². The van der Waals surface area contributed by atoms with Crippen LogP contribution in [0.15, 0.2) is 0 Å². The van der Waals surface area contributed by atoms with Gasteiger partial charge in [0.1, 0.15) is 5.60 Å². The van der Waals surface area contributed by atoms with Crippen LogP contribution in [0.3, 0.4) is 0 Å². The minimum atomic E-state index is -0.425. The van der Waals surface area contributed by atoms with E-state index in [9.17, 15) is 4.79 Å². The van der Waals surface area contributed by atoms with Gasteiger partial charge in [-0.3, -0.25) is 0 Å². The number of rotatable bonds is 2. The first kappa shape index (κ1) is 14.3. The maximum absolute atomic E-state index is 11.5. The molecule has 0 aromatic heterocycles. The van der Waals surface area contributed by atoms with Gasteiger partial charge in [-0.2, -0.15) is 0 Å². The fourth-order valence-corrected chi connectivity index (χ4v) is 2.02. The summed E-state index contributed by atoms with van der Waals surface area (Å²) in [4.78, 5) is 11.5. The number of carbonyl (C=O) groups is 1. The van der Waals surface area contributed by atoms with Crippen LogP contribution >= 0.6 is 0 Å². The van der Waals surface area contributed by atoms with Gasteiger partial charge in [0.05, 0.1) is 0 Å². The van der Waals surface area contributed by atoms with E-state index in [0.717, 1.165) is 6.42 Å². The molecular formula is C13H26N2O2. The number of amides is 1. The number of nitrogens with one attached hydrogen (secondary N) is 2. The van der Waals surface area contributed by atoms with Crippen LogP contribution in [-0.2, 0) is 4.74 Å². The van der Waals surface area contributed by atoms with Crippen LogP contribution in [0, 0.1) is 5.92 Å². The molecule has 0 radical (unpaired) electrons. The highest BCUT2D eigenvalue weighted by atomic mass is 16.6. The molecule has 0 aliphatic carbocycles. The number of carbonyl (C=O) groups excluding carboxylic acids is 1. The van der Waals surface area contributed by atoms with Crippen LogP contribution in [0.25, 0.3) is 0 Å². The minimum absolute atomic E-state index is 0.328. The summed E-state index contributed by atoms with van der Waals surface area (Å²) in [6, 6.07) is 0.892. The lowest BCUT2D eigenvalue weighted by Gasteiger charge is -2.34. The third kappa shape index (κ3) is 5.39. The van der Waals surface area contributed by atoms with Gasteiger partial charge >= 0.3 is 6.09 Å². The van der Waals surface area contributed by atoms with Gasteiger partial charge in [-0.1, -0.05) is 6.92 Å². The van der Waals surface area contributed by atoms with Gasteiger partial charge in [0.2, 0.25) is 0 Å². The first-order chi connectivity index (χ1) is 7.78. The first-order valence-corrected chi connectivity index (χ1v) is 6.51. The topological polar surface area (TPSA) is 50.4 Å². The fourth-order valence-electron chi connectivity index (χ4n) is 2.02. The summed E-state index contributed by atoms with van der Waals surface area (Å²) in [5, 5.41) is 6.33. The number of ether oxygens (including phenoxy) is 1. The average Bonchev–Trinajstić information content (AvgIpc) is 2.17. The Labute approximate surface area is 104 Å². The molecule has 0 aromatic rings. The third-order valence-corrected chi connectivity index (χ3v) is 3.21. The zero-order chi connectivity index (χ0) is 13.1. The van der Waals surface area contributed by atoms with Crippen molar-refractivity contribution in [3.8, 4) is 0 Å². The van der Waals surface area contributed by atoms with Crippen LogP contribution in [0.1, 0.15) is 47.5 Å². The van der Waals surface area contributed by atoms with Gasteiger partial charge in [0.25, 0.3) is 0 Å². The van der Waals surface area contributed by atoms with Gasteiger partial charge in [0, 0.05) is 18.6 Å². The highest BCUT2D eigenvalue weighted by molar-refractivity contribution is 5.67. The first-order valence-electron chi connectivity index (χ1n) is 6.51. The molecule has 1 amide bonds. The molecule has 0 saturated carbocycles. The molecule has 1 rings (SSSR count). The molecule has 100 valence electrons. The second kappa shape index (κ2) is 5.71. The van der Waals surface area contributed by atoms with Crippen molar-refractivity contribution in [2.24, 2.45) is 5.92 Å². The SMILES string of the molecule is CC1CCC(CNC(=O)OC(C)(C)C)NC1C. The second-order valence-electron chi connectivity index (χ2n) is 6.09. The van der Waals surface area contributed by atoms with E-state index in [2.05, 4.69) is 24.5 Å². The highest BCUT2D eigenvalue weighted by Gasteiger charge is 2.24. The molecule has 3 unspecified atom stereocenters. The van der Waals surface area contributed by atoms with Crippen molar-refractivity contribution >= 4 is 6.09 Å². The molecule has 1 saturated heterocycles. The van der Waals surface area contributed by atoms with E-state index in [1.54, 1.807) is 0 Å². The molecule has 0 aromatic carbocycles. The van der Waals surface area contributed by atoms with E-state index in [0.29, 0.717) is 24.5 Å². The van der Waals surface area contributed by atoms with Crippen LogP contribution in [-0.4, -0.2) is 30.3 Å². The molecule has 0 spiro atoms. The largest absolute Gasteiger partial charge is 0.444 e. The molecule has 1 aliphatic rings. The summed E-state index contributed by atoms with van der Waals surface area (Å²) >= 11 is 0. The molecule has 2 N–H and O–H groups in total. The Balaban J connectivity index is 2.25. The van der Waals surface area contributed by atoms with E-state index in [1.165, 1.54) is 6.42 Å². The monoisotopic (exact) mass is 242 g/mol. The normalized spacial score (nSPS) is 29.8. The van der Waals surface area contributed by atoms with E-state index < -0.39 is 5.60 Å². The van der Waals surface area contributed by atoms with Gasteiger partial charge < -0.3 is 15.4 Å². The van der Waals surface area contributed by atoms with E-state index in [4.69, 9.17) is 4.74 Å². The van der Waals surface area contributed by atoms with Crippen LogP contribution in [0.5, 0.6) is 0 Å². The predicted molar refractivity (Wildman–Crippen MR) is 69.0 cm³/mol. The van der Waals surface area contributed by atoms with E-state index in [1.807, 2.05) is 20.8 Å². The summed E-state index contributed by atoms with van der Waals surface area (Å²) in [5.74, 6) is 0.716. The Bertz CT molecular complexity index is 261. The number of hydrogen-bond donors (Lipinski definition) is 2. The summed E-state index contributed by atoms with van der Waals surface area (Å²) in [6.45, 7) is 10.7. The second-order valence-corrected chi connectivity index (χ2v) is 6.09. The quantitative estimate of drug-likeness (QED) is 0.781. The lowest BCUT2D eigenvalue weighted by molar-refractivity contribution is 0.0517. The molecule has 3 atom stereocenters. The summed E-state index contributed by atoms with van der Waals surface area (Å²) in [5.41, 5.74) is -0.425. The molecule has 1 fully saturated rings. The maximum Gasteiger partial charge on any atom is 0.407 e. The van der Waals surface area contributed by atoms with Gasteiger partial charge in [0.15, 0.2) is 0 Å². The molecule has 4 nitrogen and oxygen atoms in total. The smallest absolute Gasteiger partial charge is 0.407 e. The van der Waals surface area contributed by atoms with Crippen molar-refractivity contribution in [1.29, 1.82) is 0 Å². The zero-order valence-electron chi connectivity index (χ0n) is 11.7. The van der Waals surface area contributed by atoms with Crippen LogP contribution in [0.4, 0.5) is 4.79 Å². The van der Waals surface area contributed by atoms with Crippen molar-refractivity contribution in [1.82, 2.24) is 10.6 Å². The van der Waals surface area contributed by atoms with Crippen molar-refractivity contribution < 1.29 is 9.53 Å². The Morgan fingerprint density at radius 1 is 1.35 bits per heavy atom. The molecule has 4 heteroatoms. The number of piperidine rings is 1. The zero-order valence-corrected chi connectivity index (χ0v) is 11.7. The molecule has 1 aliphatic heterocycles. The highest BCUT2D eigenvalue weighted by Crippen LogP contribution is 2.18. The Kier molecular flexibility index (Phi) is 4.80. The van der Waals surface area contributed by atoms with E-state index >= 15 is 0 Å². The average molecular weight is 242 g/mol. The Morgan fingerprint density at radius 3 is 2.53 bits per heavy atom. The van der Waals surface area contributed by atoms with Crippen molar-refractivity contribution in [3.05, 3.63) is 0 Å². The third-order valence-electron chi connectivity index (χ3n) is 3.21. The number of hydrogen-bond acceptors (Lipinski definition) is 3. The standard InChI is InChI=1S/C13H26N2O2/c1-9-6-7-11(15-10(9)2)8-14-12(16)17-13(3,4)5/h9-11,15H,6-8H2,1-5H3,(H,14,16). The summed E-state index contributed by atoms with van der Waals surface area (Å²) in [7, 11) is 0. The molecular weight excluding hydrogens is 216 g/mol.